The summed E-state index contributed by atoms with van der Waals surface area (Å²) in [6, 6.07) is 11.2. The minimum atomic E-state index is 0.510. The van der Waals surface area contributed by atoms with Crippen molar-refractivity contribution < 1.29 is 0 Å². The highest BCUT2D eigenvalue weighted by Gasteiger charge is 2.48. The highest BCUT2D eigenvalue weighted by atomic mass is 15.3. The standard InChI is InChI=1S/C21H29N3/c1-3-24-17(2)19(13-22-24)14-23-15-20(18-9-5-4-6-10-18)21(16-23)11-7-8-12-21/h4-6,9-10,13,20H,3,7-8,11-12,14-16H2,1-2H3/t20-/m1/s1. The summed E-state index contributed by atoms with van der Waals surface area (Å²) >= 11 is 0. The highest BCUT2D eigenvalue weighted by molar-refractivity contribution is 5.26. The predicted octanol–water partition coefficient (Wildman–Crippen LogP) is 4.37. The third-order valence-electron chi connectivity index (χ3n) is 6.42. The predicted molar refractivity (Wildman–Crippen MR) is 98.0 cm³/mol. The Morgan fingerprint density at radius 3 is 2.58 bits per heavy atom. The maximum Gasteiger partial charge on any atom is 0.0537 e. The minimum absolute atomic E-state index is 0.510. The molecule has 24 heavy (non-hydrogen) atoms. The molecular weight excluding hydrogens is 294 g/mol. The van der Waals surface area contributed by atoms with Crippen molar-refractivity contribution >= 4 is 0 Å². The van der Waals surface area contributed by atoms with Crippen LogP contribution in [0.4, 0.5) is 0 Å². The number of likely N-dealkylation sites (tertiary alicyclic amines) is 1. The summed E-state index contributed by atoms with van der Waals surface area (Å²) in [5.41, 5.74) is 4.79. The molecular formula is C21H29N3. The molecule has 1 aromatic heterocycles. The van der Waals surface area contributed by atoms with Gasteiger partial charge in [0.25, 0.3) is 0 Å². The minimum Gasteiger partial charge on any atom is -0.298 e. The fourth-order valence-electron chi connectivity index (χ4n) is 5.12. The van der Waals surface area contributed by atoms with E-state index in [0.29, 0.717) is 11.3 Å². The van der Waals surface area contributed by atoms with E-state index in [-0.39, 0.29) is 0 Å². The first kappa shape index (κ1) is 15.9. The molecule has 1 aliphatic heterocycles. The third-order valence-corrected chi connectivity index (χ3v) is 6.42. The lowest BCUT2D eigenvalue weighted by Gasteiger charge is -2.30. The second kappa shape index (κ2) is 6.36. The number of hydrogen-bond acceptors (Lipinski definition) is 2. The van der Waals surface area contributed by atoms with Crippen molar-refractivity contribution in [2.45, 2.75) is 58.5 Å². The van der Waals surface area contributed by atoms with Gasteiger partial charge in [0, 0.05) is 43.4 Å². The monoisotopic (exact) mass is 323 g/mol. The summed E-state index contributed by atoms with van der Waals surface area (Å²) in [5, 5.41) is 4.53. The number of hydrogen-bond donors (Lipinski definition) is 0. The van der Waals surface area contributed by atoms with E-state index in [9.17, 15) is 0 Å². The number of rotatable bonds is 4. The topological polar surface area (TPSA) is 21.1 Å². The molecule has 0 radical (unpaired) electrons. The van der Waals surface area contributed by atoms with Crippen LogP contribution in [0.1, 0.15) is 55.3 Å². The van der Waals surface area contributed by atoms with Crippen molar-refractivity contribution in [1.82, 2.24) is 14.7 Å². The number of aromatic nitrogens is 2. The summed E-state index contributed by atoms with van der Waals surface area (Å²) < 4.78 is 2.12. The van der Waals surface area contributed by atoms with E-state index in [1.807, 2.05) is 0 Å². The van der Waals surface area contributed by atoms with E-state index in [4.69, 9.17) is 0 Å². The van der Waals surface area contributed by atoms with E-state index in [1.54, 1.807) is 5.56 Å². The van der Waals surface area contributed by atoms with Crippen LogP contribution < -0.4 is 0 Å². The number of aryl methyl sites for hydroxylation is 1. The second-order valence-corrected chi connectivity index (χ2v) is 7.77. The zero-order valence-electron chi connectivity index (χ0n) is 15.0. The molecule has 3 heteroatoms. The van der Waals surface area contributed by atoms with Crippen molar-refractivity contribution in [3.05, 3.63) is 53.3 Å². The molecule has 0 bridgehead atoms. The summed E-state index contributed by atoms with van der Waals surface area (Å²) in [6.07, 6.45) is 7.69. The largest absolute Gasteiger partial charge is 0.298 e. The average Bonchev–Trinajstić information content (AvgIpc) is 3.31. The van der Waals surface area contributed by atoms with Crippen LogP contribution in [0, 0.1) is 12.3 Å². The summed E-state index contributed by atoms with van der Waals surface area (Å²) in [5.74, 6) is 0.697. The number of benzene rings is 1. The molecule has 2 fully saturated rings. The Hall–Kier alpha value is -1.61. The zero-order valence-corrected chi connectivity index (χ0v) is 15.0. The van der Waals surface area contributed by atoms with Gasteiger partial charge in [0.1, 0.15) is 0 Å². The molecule has 2 heterocycles. The van der Waals surface area contributed by atoms with Crippen molar-refractivity contribution in [3.8, 4) is 0 Å². The maximum absolute atomic E-state index is 4.53. The van der Waals surface area contributed by atoms with Crippen molar-refractivity contribution in [3.63, 3.8) is 0 Å². The quantitative estimate of drug-likeness (QED) is 0.833. The van der Waals surface area contributed by atoms with Gasteiger partial charge >= 0.3 is 0 Å². The van der Waals surface area contributed by atoms with Gasteiger partial charge < -0.3 is 0 Å². The first-order valence-corrected chi connectivity index (χ1v) is 9.50. The van der Waals surface area contributed by atoms with Crippen molar-refractivity contribution in [2.24, 2.45) is 5.41 Å². The lowest BCUT2D eigenvalue weighted by atomic mass is 9.73. The Bertz CT molecular complexity index is 682. The molecule has 1 saturated carbocycles. The van der Waals surface area contributed by atoms with E-state index in [2.05, 4.69) is 65.1 Å². The first-order chi connectivity index (χ1) is 11.7. The van der Waals surface area contributed by atoms with E-state index in [1.165, 1.54) is 50.0 Å². The Kier molecular flexibility index (Phi) is 4.21. The molecule has 3 nitrogen and oxygen atoms in total. The molecule has 1 saturated heterocycles. The molecule has 0 unspecified atom stereocenters. The van der Waals surface area contributed by atoms with Gasteiger partial charge in [-0.3, -0.25) is 9.58 Å². The Morgan fingerprint density at radius 1 is 1.17 bits per heavy atom. The molecule has 1 aliphatic carbocycles. The smallest absolute Gasteiger partial charge is 0.0537 e. The van der Waals surface area contributed by atoms with Crippen LogP contribution in [-0.4, -0.2) is 27.8 Å². The summed E-state index contributed by atoms with van der Waals surface area (Å²) in [6.45, 7) is 8.84. The van der Waals surface area contributed by atoms with Crippen LogP contribution in [0.3, 0.4) is 0 Å². The maximum atomic E-state index is 4.53. The first-order valence-electron chi connectivity index (χ1n) is 9.50. The van der Waals surface area contributed by atoms with Gasteiger partial charge in [-0.25, -0.2) is 0 Å². The van der Waals surface area contributed by atoms with Crippen LogP contribution in [-0.2, 0) is 13.1 Å². The molecule has 1 atom stereocenters. The van der Waals surface area contributed by atoms with Gasteiger partial charge in [-0.1, -0.05) is 43.2 Å². The average molecular weight is 323 g/mol. The molecule has 2 aromatic rings. The van der Waals surface area contributed by atoms with Crippen LogP contribution in [0.15, 0.2) is 36.5 Å². The Balaban J connectivity index is 1.57. The molecule has 1 aromatic carbocycles. The van der Waals surface area contributed by atoms with Crippen LogP contribution in [0.5, 0.6) is 0 Å². The molecule has 4 rings (SSSR count). The van der Waals surface area contributed by atoms with Crippen LogP contribution >= 0.6 is 0 Å². The fourth-order valence-corrected chi connectivity index (χ4v) is 5.12. The van der Waals surface area contributed by atoms with Crippen molar-refractivity contribution in [1.29, 1.82) is 0 Å². The van der Waals surface area contributed by atoms with Gasteiger partial charge in [0.2, 0.25) is 0 Å². The fraction of sp³-hybridized carbons (Fsp3) is 0.571. The Morgan fingerprint density at radius 2 is 1.92 bits per heavy atom. The van der Waals surface area contributed by atoms with E-state index in [0.717, 1.165) is 13.1 Å². The van der Waals surface area contributed by atoms with E-state index >= 15 is 0 Å². The lowest BCUT2D eigenvalue weighted by molar-refractivity contribution is 0.247. The normalized spacial score (nSPS) is 23.3. The lowest BCUT2D eigenvalue weighted by Crippen LogP contribution is -2.26. The van der Waals surface area contributed by atoms with Gasteiger partial charge in [0.15, 0.2) is 0 Å². The molecule has 2 aliphatic rings. The molecule has 0 amide bonds. The summed E-state index contributed by atoms with van der Waals surface area (Å²) in [7, 11) is 0. The highest BCUT2D eigenvalue weighted by Crippen LogP contribution is 2.53. The Labute approximate surface area is 145 Å². The van der Waals surface area contributed by atoms with Gasteiger partial charge in [-0.15, -0.1) is 0 Å². The molecule has 0 N–H and O–H groups in total. The summed E-state index contributed by atoms with van der Waals surface area (Å²) in [4.78, 5) is 2.69. The molecule has 1 spiro atoms. The van der Waals surface area contributed by atoms with Gasteiger partial charge in [-0.2, -0.15) is 5.10 Å². The van der Waals surface area contributed by atoms with Crippen molar-refractivity contribution in [2.75, 3.05) is 13.1 Å². The van der Waals surface area contributed by atoms with E-state index < -0.39 is 0 Å². The SMILES string of the molecule is CCn1ncc(CN2C[C@H](c3ccccc3)C3(CCCC3)C2)c1C. The zero-order chi connectivity index (χ0) is 16.6. The van der Waals surface area contributed by atoms with Gasteiger partial charge in [0.05, 0.1) is 6.20 Å². The molecule has 128 valence electrons. The second-order valence-electron chi connectivity index (χ2n) is 7.77. The van der Waals surface area contributed by atoms with Crippen LogP contribution in [0.2, 0.25) is 0 Å². The van der Waals surface area contributed by atoms with Crippen LogP contribution in [0.25, 0.3) is 0 Å². The van der Waals surface area contributed by atoms with Gasteiger partial charge in [-0.05, 0) is 37.7 Å². The number of nitrogens with zero attached hydrogens (tertiary/aromatic N) is 3. The third kappa shape index (κ3) is 2.69.